The van der Waals surface area contributed by atoms with E-state index in [1.54, 1.807) is 18.2 Å². The van der Waals surface area contributed by atoms with Gasteiger partial charge in [-0.2, -0.15) is 4.68 Å². The van der Waals surface area contributed by atoms with Crippen molar-refractivity contribution in [2.24, 2.45) is 0 Å². The van der Waals surface area contributed by atoms with Gasteiger partial charge in [-0.15, -0.1) is 15.3 Å². The number of nitrogens with zero attached hydrogens (tertiary/aromatic N) is 5. The summed E-state index contributed by atoms with van der Waals surface area (Å²) in [6.45, 7) is 0. The zero-order chi connectivity index (χ0) is 13.4. The highest BCUT2D eigenvalue weighted by molar-refractivity contribution is 6.34. The largest absolute Gasteiger partial charge is 0.283 e. The van der Waals surface area contributed by atoms with Crippen LogP contribution in [0.3, 0.4) is 0 Å². The van der Waals surface area contributed by atoms with E-state index in [1.807, 2.05) is 6.07 Å². The third-order valence-corrected chi connectivity index (χ3v) is 2.96. The number of hydrogen-bond donors (Lipinski definition) is 0. The second kappa shape index (κ2) is 4.56. The van der Waals surface area contributed by atoms with Crippen molar-refractivity contribution in [1.82, 2.24) is 25.2 Å². The molecule has 8 heteroatoms. The lowest BCUT2D eigenvalue weighted by atomic mass is 10.2. The van der Waals surface area contributed by atoms with Crippen LogP contribution in [0.4, 0.5) is 0 Å². The molecule has 0 N–H and O–H groups in total. The number of benzene rings is 1. The van der Waals surface area contributed by atoms with Gasteiger partial charge in [-0.1, -0.05) is 40.5 Å². The van der Waals surface area contributed by atoms with Gasteiger partial charge in [0.1, 0.15) is 5.52 Å². The number of para-hydroxylation sites is 1. The van der Waals surface area contributed by atoms with Crippen LogP contribution in [-0.4, -0.2) is 31.1 Å². The molecule has 0 radical (unpaired) electrons. The van der Waals surface area contributed by atoms with Crippen molar-refractivity contribution in [3.63, 3.8) is 0 Å². The maximum absolute atomic E-state index is 12.3. The number of carbonyl (C=O) groups excluding carboxylic acids is 1. The minimum absolute atomic E-state index is 0.0334. The van der Waals surface area contributed by atoms with E-state index in [9.17, 15) is 4.79 Å². The SMILES string of the molecule is O=C(c1cc(Cl)nnc1Cl)n1nnc2ccccc21. The Kier molecular flexibility index (Phi) is 2.88. The molecule has 3 rings (SSSR count). The summed E-state index contributed by atoms with van der Waals surface area (Å²) in [6.07, 6.45) is 0. The zero-order valence-corrected chi connectivity index (χ0v) is 10.8. The second-order valence-electron chi connectivity index (χ2n) is 3.67. The molecule has 0 spiro atoms. The fourth-order valence-electron chi connectivity index (χ4n) is 1.64. The number of rotatable bonds is 1. The van der Waals surface area contributed by atoms with Crippen molar-refractivity contribution in [2.45, 2.75) is 0 Å². The van der Waals surface area contributed by atoms with Gasteiger partial charge in [-0.05, 0) is 18.2 Å². The van der Waals surface area contributed by atoms with Gasteiger partial charge < -0.3 is 0 Å². The lowest BCUT2D eigenvalue weighted by Crippen LogP contribution is -2.15. The van der Waals surface area contributed by atoms with Gasteiger partial charge in [-0.3, -0.25) is 4.79 Å². The molecule has 0 aliphatic carbocycles. The third-order valence-electron chi connectivity index (χ3n) is 2.49. The van der Waals surface area contributed by atoms with Gasteiger partial charge in [0.15, 0.2) is 10.3 Å². The van der Waals surface area contributed by atoms with Crippen LogP contribution >= 0.6 is 23.2 Å². The molecule has 0 amide bonds. The minimum atomic E-state index is -0.462. The summed E-state index contributed by atoms with van der Waals surface area (Å²) in [5.41, 5.74) is 1.31. The van der Waals surface area contributed by atoms with E-state index >= 15 is 0 Å². The van der Waals surface area contributed by atoms with E-state index in [4.69, 9.17) is 23.2 Å². The molecule has 0 saturated heterocycles. The summed E-state index contributed by atoms with van der Waals surface area (Å²) in [7, 11) is 0. The number of hydrogen-bond acceptors (Lipinski definition) is 5. The van der Waals surface area contributed by atoms with Crippen LogP contribution in [-0.2, 0) is 0 Å². The van der Waals surface area contributed by atoms with Crippen molar-refractivity contribution >= 4 is 40.1 Å². The van der Waals surface area contributed by atoms with Crippen LogP contribution in [0.15, 0.2) is 30.3 Å². The van der Waals surface area contributed by atoms with Crippen molar-refractivity contribution in [1.29, 1.82) is 0 Å². The van der Waals surface area contributed by atoms with Crippen molar-refractivity contribution in [2.75, 3.05) is 0 Å². The van der Waals surface area contributed by atoms with Gasteiger partial charge in [0, 0.05) is 0 Å². The highest BCUT2D eigenvalue weighted by Gasteiger charge is 2.18. The molecular weight excluding hydrogens is 289 g/mol. The summed E-state index contributed by atoms with van der Waals surface area (Å²) in [6, 6.07) is 8.43. The molecule has 0 bridgehead atoms. The molecule has 2 aromatic heterocycles. The Morgan fingerprint density at radius 3 is 2.74 bits per heavy atom. The van der Waals surface area contributed by atoms with Crippen LogP contribution in [0.2, 0.25) is 10.3 Å². The molecule has 6 nitrogen and oxygen atoms in total. The van der Waals surface area contributed by atoms with Crippen LogP contribution < -0.4 is 0 Å². The Morgan fingerprint density at radius 2 is 1.89 bits per heavy atom. The fourth-order valence-corrected chi connectivity index (χ4v) is 1.96. The first kappa shape index (κ1) is 12.0. The smallest absolute Gasteiger partial charge is 0.267 e. The second-order valence-corrected chi connectivity index (χ2v) is 4.41. The maximum atomic E-state index is 12.3. The molecule has 0 atom stereocenters. The van der Waals surface area contributed by atoms with Crippen LogP contribution in [0, 0.1) is 0 Å². The lowest BCUT2D eigenvalue weighted by Gasteiger charge is -2.02. The summed E-state index contributed by atoms with van der Waals surface area (Å²) in [5.74, 6) is -0.462. The van der Waals surface area contributed by atoms with Crippen molar-refractivity contribution in [3.05, 3.63) is 46.2 Å². The van der Waals surface area contributed by atoms with Crippen LogP contribution in [0.25, 0.3) is 11.0 Å². The number of carbonyl (C=O) groups is 1. The molecule has 3 aromatic rings. The molecule has 0 aliphatic rings. The van der Waals surface area contributed by atoms with E-state index in [0.29, 0.717) is 11.0 Å². The Hall–Kier alpha value is -2.05. The molecule has 0 unspecified atom stereocenters. The molecule has 2 heterocycles. The van der Waals surface area contributed by atoms with Gasteiger partial charge in [0.2, 0.25) is 0 Å². The molecule has 0 aliphatic heterocycles. The van der Waals surface area contributed by atoms with Gasteiger partial charge in [-0.25, -0.2) is 0 Å². The van der Waals surface area contributed by atoms with Crippen LogP contribution in [0.5, 0.6) is 0 Å². The fraction of sp³-hybridized carbons (Fsp3) is 0. The summed E-state index contributed by atoms with van der Waals surface area (Å²) in [4.78, 5) is 12.3. The average Bonchev–Trinajstić information content (AvgIpc) is 2.84. The molecule has 94 valence electrons. The minimum Gasteiger partial charge on any atom is -0.267 e. The third kappa shape index (κ3) is 2.05. The predicted molar refractivity (Wildman–Crippen MR) is 69.3 cm³/mol. The normalized spacial score (nSPS) is 10.8. The average molecular weight is 294 g/mol. The first-order valence-electron chi connectivity index (χ1n) is 5.20. The monoisotopic (exact) mass is 293 g/mol. The van der Waals surface area contributed by atoms with E-state index in [-0.39, 0.29) is 15.9 Å². The van der Waals surface area contributed by atoms with E-state index < -0.39 is 5.91 Å². The van der Waals surface area contributed by atoms with E-state index in [0.717, 1.165) is 4.68 Å². The Morgan fingerprint density at radius 1 is 1.11 bits per heavy atom. The summed E-state index contributed by atoms with van der Waals surface area (Å²) >= 11 is 11.6. The van der Waals surface area contributed by atoms with E-state index in [1.165, 1.54) is 6.07 Å². The molecule has 0 saturated carbocycles. The summed E-state index contributed by atoms with van der Waals surface area (Å²) < 4.78 is 1.15. The maximum Gasteiger partial charge on any atom is 0.283 e. The Labute approximate surface area is 117 Å². The molecule has 1 aromatic carbocycles. The molecular formula is C11H5Cl2N5O. The first-order valence-corrected chi connectivity index (χ1v) is 5.96. The van der Waals surface area contributed by atoms with Gasteiger partial charge in [0.05, 0.1) is 11.1 Å². The first-order chi connectivity index (χ1) is 9.16. The Bertz CT molecular complexity index is 786. The number of fused-ring (bicyclic) bond motifs is 1. The van der Waals surface area contributed by atoms with Gasteiger partial charge >= 0.3 is 0 Å². The highest BCUT2D eigenvalue weighted by atomic mass is 35.5. The van der Waals surface area contributed by atoms with Gasteiger partial charge in [0.25, 0.3) is 5.91 Å². The predicted octanol–water partition coefficient (Wildman–Crippen LogP) is 2.22. The van der Waals surface area contributed by atoms with Crippen LogP contribution in [0.1, 0.15) is 10.4 Å². The highest BCUT2D eigenvalue weighted by Crippen LogP contribution is 2.18. The Balaban J connectivity index is 2.16. The number of halogens is 2. The lowest BCUT2D eigenvalue weighted by molar-refractivity contribution is 0.0947. The quantitative estimate of drug-likeness (QED) is 0.688. The summed E-state index contributed by atoms with van der Waals surface area (Å²) in [5, 5.41) is 14.9. The zero-order valence-electron chi connectivity index (χ0n) is 9.29. The topological polar surface area (TPSA) is 73.6 Å². The van der Waals surface area contributed by atoms with Crippen molar-refractivity contribution < 1.29 is 4.79 Å². The van der Waals surface area contributed by atoms with Crippen molar-refractivity contribution in [3.8, 4) is 0 Å². The number of aromatic nitrogens is 5. The standard InChI is InChI=1S/C11H5Cl2N5O/c12-9-5-6(10(13)16-15-9)11(19)18-8-4-2-1-3-7(8)14-17-18/h1-5H. The van der Waals surface area contributed by atoms with E-state index in [2.05, 4.69) is 20.5 Å². The molecule has 19 heavy (non-hydrogen) atoms. The molecule has 0 fully saturated rings.